The van der Waals surface area contributed by atoms with Crippen LogP contribution in [0.15, 0.2) is 43.0 Å². The number of esters is 1. The van der Waals surface area contributed by atoms with Gasteiger partial charge in [-0.25, -0.2) is 9.18 Å². The van der Waals surface area contributed by atoms with E-state index in [9.17, 15) is 22.4 Å². The summed E-state index contributed by atoms with van der Waals surface area (Å²) in [5.74, 6) is -2.94. The molecular formula is C22H26FN3O6S2. The third-order valence-corrected chi connectivity index (χ3v) is 6.81. The predicted molar refractivity (Wildman–Crippen MR) is 127 cm³/mol. The first-order valence-corrected chi connectivity index (χ1v) is 12.4. The van der Waals surface area contributed by atoms with Crippen molar-refractivity contribution < 1.29 is 31.3 Å². The highest BCUT2D eigenvalue weighted by Crippen LogP contribution is 2.28. The molecule has 1 heterocycles. The standard InChI is InChI=1S/C22H26FN3O6S2/c1-4-10-31-34(29,30)11-9-26-21(28)22(2,3)13-15-6-8-18(33-15)20(27)32-17-7-5-14(19(24)25)12-16(17)23/h4-8,12H,1,9-11,13H2,2-3H3,(H3,24,25)(H,26,28). The number of rotatable bonds is 12. The Balaban J connectivity index is 1.96. The van der Waals surface area contributed by atoms with E-state index < -0.39 is 27.3 Å². The van der Waals surface area contributed by atoms with Crippen LogP contribution in [0, 0.1) is 16.6 Å². The molecule has 0 unspecified atom stereocenters. The van der Waals surface area contributed by atoms with E-state index in [1.54, 1.807) is 19.9 Å². The topological polar surface area (TPSA) is 149 Å². The fourth-order valence-electron chi connectivity index (χ4n) is 2.74. The van der Waals surface area contributed by atoms with Gasteiger partial charge in [0.25, 0.3) is 10.1 Å². The maximum atomic E-state index is 14.1. The van der Waals surface area contributed by atoms with Gasteiger partial charge in [0.15, 0.2) is 11.6 Å². The number of halogens is 1. The number of benzene rings is 1. The molecule has 1 aromatic heterocycles. The fourth-order valence-corrected chi connectivity index (χ4v) is 4.63. The maximum Gasteiger partial charge on any atom is 0.353 e. The molecule has 0 radical (unpaired) electrons. The molecule has 9 nitrogen and oxygen atoms in total. The first kappa shape index (κ1) is 27.2. The van der Waals surface area contributed by atoms with E-state index in [-0.39, 0.29) is 53.3 Å². The molecule has 1 aromatic carbocycles. The molecule has 0 aliphatic carbocycles. The van der Waals surface area contributed by atoms with E-state index in [1.165, 1.54) is 24.3 Å². The summed E-state index contributed by atoms with van der Waals surface area (Å²) in [5.41, 5.74) is 4.58. The molecule has 2 aromatic rings. The molecule has 0 aliphatic heterocycles. The van der Waals surface area contributed by atoms with Crippen molar-refractivity contribution in [3.63, 3.8) is 0 Å². The second kappa shape index (κ2) is 11.4. The van der Waals surface area contributed by atoms with Crippen molar-refractivity contribution in [2.24, 2.45) is 11.1 Å². The number of nitrogens with one attached hydrogen (secondary N) is 2. The third kappa shape index (κ3) is 7.75. The number of hydrogen-bond donors (Lipinski definition) is 3. The van der Waals surface area contributed by atoms with Gasteiger partial charge < -0.3 is 15.8 Å². The summed E-state index contributed by atoms with van der Waals surface area (Å²) in [6, 6.07) is 6.77. The third-order valence-electron chi connectivity index (χ3n) is 4.54. The van der Waals surface area contributed by atoms with Crippen LogP contribution in [0.1, 0.15) is 34.0 Å². The Kier molecular flexibility index (Phi) is 9.07. The maximum absolute atomic E-state index is 14.1. The summed E-state index contributed by atoms with van der Waals surface area (Å²) in [6.45, 7) is 6.50. The van der Waals surface area contributed by atoms with Gasteiger partial charge in [-0.15, -0.1) is 17.9 Å². The number of thiophene rings is 1. The van der Waals surface area contributed by atoms with Crippen molar-refractivity contribution in [1.29, 1.82) is 5.41 Å². The van der Waals surface area contributed by atoms with Gasteiger partial charge >= 0.3 is 5.97 Å². The molecular weight excluding hydrogens is 485 g/mol. The monoisotopic (exact) mass is 511 g/mol. The van der Waals surface area contributed by atoms with Crippen molar-refractivity contribution in [2.75, 3.05) is 18.9 Å². The molecule has 0 aliphatic rings. The quantitative estimate of drug-likeness (QED) is 0.0990. The molecule has 12 heteroatoms. The normalized spacial score (nSPS) is 11.6. The smallest absolute Gasteiger partial charge is 0.353 e. The number of hydrogen-bond acceptors (Lipinski definition) is 8. The minimum Gasteiger partial charge on any atom is -0.419 e. The fraction of sp³-hybridized carbons (Fsp3) is 0.318. The van der Waals surface area contributed by atoms with E-state index in [4.69, 9.17) is 15.9 Å². The van der Waals surface area contributed by atoms with Gasteiger partial charge in [0, 0.05) is 22.4 Å². The second-order valence-corrected chi connectivity index (χ2v) is 10.8. The predicted octanol–water partition coefficient (Wildman–Crippen LogP) is 2.61. The average molecular weight is 512 g/mol. The van der Waals surface area contributed by atoms with Gasteiger partial charge in [-0.3, -0.25) is 14.4 Å². The number of carbonyl (C=O) groups is 2. The van der Waals surface area contributed by atoms with Crippen molar-refractivity contribution in [2.45, 2.75) is 20.3 Å². The van der Waals surface area contributed by atoms with E-state index in [2.05, 4.69) is 16.1 Å². The Morgan fingerprint density at radius 3 is 2.62 bits per heavy atom. The van der Waals surface area contributed by atoms with Crippen LogP contribution in [-0.4, -0.2) is 45.0 Å². The number of nitrogens with two attached hydrogens (primary N) is 1. The zero-order valence-corrected chi connectivity index (χ0v) is 20.4. The second-order valence-electron chi connectivity index (χ2n) is 7.87. The number of nitrogen functional groups attached to an aromatic ring is 1. The SMILES string of the molecule is C=CCOS(=O)(=O)CCNC(=O)C(C)(C)Cc1ccc(C(=O)Oc2ccc(C(=N)N)cc2F)s1. The minimum absolute atomic E-state index is 0.113. The van der Waals surface area contributed by atoms with Gasteiger partial charge in [-0.05, 0) is 36.8 Å². The van der Waals surface area contributed by atoms with E-state index in [0.29, 0.717) is 4.88 Å². The van der Waals surface area contributed by atoms with Gasteiger partial charge in [-0.2, -0.15) is 8.42 Å². The van der Waals surface area contributed by atoms with Crippen LogP contribution in [0.3, 0.4) is 0 Å². The lowest BCUT2D eigenvalue weighted by Gasteiger charge is -2.22. The highest BCUT2D eigenvalue weighted by atomic mass is 32.2. The zero-order valence-electron chi connectivity index (χ0n) is 18.7. The summed E-state index contributed by atoms with van der Waals surface area (Å²) in [5, 5.41) is 9.89. The molecule has 0 bridgehead atoms. The van der Waals surface area contributed by atoms with E-state index in [0.717, 1.165) is 17.4 Å². The van der Waals surface area contributed by atoms with Crippen LogP contribution >= 0.6 is 11.3 Å². The molecule has 4 N–H and O–H groups in total. The van der Waals surface area contributed by atoms with Crippen molar-refractivity contribution in [3.8, 4) is 5.75 Å². The van der Waals surface area contributed by atoms with Crippen LogP contribution in [0.2, 0.25) is 0 Å². The highest BCUT2D eigenvalue weighted by molar-refractivity contribution is 7.86. The largest absolute Gasteiger partial charge is 0.419 e. The van der Waals surface area contributed by atoms with Crippen molar-refractivity contribution in [3.05, 3.63) is 64.1 Å². The van der Waals surface area contributed by atoms with Gasteiger partial charge in [0.2, 0.25) is 5.91 Å². The summed E-state index contributed by atoms with van der Waals surface area (Å²) in [6.07, 6.45) is 1.59. The van der Waals surface area contributed by atoms with Crippen LogP contribution in [0.25, 0.3) is 0 Å². The summed E-state index contributed by atoms with van der Waals surface area (Å²) in [7, 11) is -3.76. The highest BCUT2D eigenvalue weighted by Gasteiger charge is 2.29. The van der Waals surface area contributed by atoms with Crippen molar-refractivity contribution in [1.82, 2.24) is 5.32 Å². The molecule has 1 amide bonds. The summed E-state index contributed by atoms with van der Waals surface area (Å²) in [4.78, 5) is 25.9. The Morgan fingerprint density at radius 1 is 1.29 bits per heavy atom. The van der Waals surface area contributed by atoms with Crippen LogP contribution in [0.5, 0.6) is 5.75 Å². The lowest BCUT2D eigenvalue weighted by atomic mass is 9.87. The Bertz CT molecular complexity index is 1190. The van der Waals surface area contributed by atoms with Gasteiger partial charge in [-0.1, -0.05) is 19.9 Å². The summed E-state index contributed by atoms with van der Waals surface area (Å²) >= 11 is 1.10. The van der Waals surface area contributed by atoms with Gasteiger partial charge in [0.1, 0.15) is 10.7 Å². The zero-order chi connectivity index (χ0) is 25.5. The number of amidine groups is 1. The molecule has 34 heavy (non-hydrogen) atoms. The van der Waals surface area contributed by atoms with Crippen molar-refractivity contribution >= 4 is 39.2 Å². The van der Waals surface area contributed by atoms with E-state index >= 15 is 0 Å². The Labute approximate surface area is 201 Å². The molecule has 0 atom stereocenters. The van der Waals surface area contributed by atoms with E-state index in [1.807, 2.05) is 0 Å². The van der Waals surface area contributed by atoms with Crippen LogP contribution in [0.4, 0.5) is 4.39 Å². The first-order valence-electron chi connectivity index (χ1n) is 10.1. The van der Waals surface area contributed by atoms with Crippen LogP contribution < -0.4 is 15.8 Å². The molecule has 0 saturated heterocycles. The lowest BCUT2D eigenvalue weighted by Crippen LogP contribution is -2.40. The summed E-state index contributed by atoms with van der Waals surface area (Å²) < 4.78 is 47.2. The molecule has 0 spiro atoms. The molecule has 184 valence electrons. The Morgan fingerprint density at radius 2 is 2.00 bits per heavy atom. The Hall–Kier alpha value is -3.09. The number of ether oxygens (including phenoxy) is 1. The lowest BCUT2D eigenvalue weighted by molar-refractivity contribution is -0.129. The molecule has 0 fully saturated rings. The van der Waals surface area contributed by atoms with Gasteiger partial charge in [0.05, 0.1) is 12.4 Å². The molecule has 0 saturated carbocycles. The average Bonchev–Trinajstić information content (AvgIpc) is 3.21. The van der Waals surface area contributed by atoms with Crippen LogP contribution in [-0.2, 0) is 25.5 Å². The first-order chi connectivity index (χ1) is 15.8. The molecule has 2 rings (SSSR count). The number of carbonyl (C=O) groups excluding carboxylic acids is 2. The number of amides is 1. The minimum atomic E-state index is -3.76.